The van der Waals surface area contributed by atoms with Gasteiger partial charge in [0.05, 0.1) is 0 Å². The van der Waals surface area contributed by atoms with Crippen molar-refractivity contribution in [1.29, 1.82) is 0 Å². The van der Waals surface area contributed by atoms with E-state index in [-0.39, 0.29) is 0 Å². The van der Waals surface area contributed by atoms with Crippen LogP contribution in [0.5, 0.6) is 0 Å². The Kier molecular flexibility index (Phi) is 11.2. The summed E-state index contributed by atoms with van der Waals surface area (Å²) >= 11 is 0. The summed E-state index contributed by atoms with van der Waals surface area (Å²) in [5, 5.41) is 6.84. The molecule has 0 rings (SSSR count). The van der Waals surface area contributed by atoms with E-state index in [1.54, 1.807) is 14.2 Å². The molecule has 0 saturated heterocycles. The topological polar surface area (TPSA) is 42.5 Å². The predicted molar refractivity (Wildman–Crippen MR) is 75.7 cm³/mol. The molecule has 0 atom stereocenters. The number of hydrogen-bond acceptors (Lipinski definition) is 4. The second-order valence-corrected chi connectivity index (χ2v) is 8.08. The molecule has 0 aliphatic carbocycles. The molecule has 0 aliphatic rings. The summed E-state index contributed by atoms with van der Waals surface area (Å²) in [4.78, 5) is 0. The summed E-state index contributed by atoms with van der Waals surface area (Å²) in [5.41, 5.74) is 0. The zero-order valence-electron chi connectivity index (χ0n) is 12.0. The van der Waals surface area contributed by atoms with E-state index in [1.165, 1.54) is 12.8 Å². The molecule has 0 amide bonds. The van der Waals surface area contributed by atoms with Gasteiger partial charge in [0.2, 0.25) is 0 Å². The Morgan fingerprint density at radius 2 is 1.41 bits per heavy atom. The van der Waals surface area contributed by atoms with Crippen molar-refractivity contribution >= 4 is 8.56 Å². The van der Waals surface area contributed by atoms with Gasteiger partial charge in [0.1, 0.15) is 0 Å². The van der Waals surface area contributed by atoms with Crippen molar-refractivity contribution < 1.29 is 8.85 Å². The molecular weight excluding hydrogens is 232 g/mol. The zero-order chi connectivity index (χ0) is 13.0. The average Bonchev–Trinajstić information content (AvgIpc) is 2.36. The molecule has 2 N–H and O–H groups in total. The standard InChI is InChI=1S/C12H30N2O2Si/c1-5-6-8-13-10-11-14-9-7-12-17(4,15-2)16-3/h13-14H,5-12H2,1-4H3. The molecule has 0 aliphatic heterocycles. The lowest BCUT2D eigenvalue weighted by atomic mass is 10.3. The van der Waals surface area contributed by atoms with Crippen molar-refractivity contribution in [3.63, 3.8) is 0 Å². The predicted octanol–water partition coefficient (Wildman–Crippen LogP) is 1.72. The first-order chi connectivity index (χ1) is 8.18. The molecule has 0 saturated carbocycles. The summed E-state index contributed by atoms with van der Waals surface area (Å²) in [6.07, 6.45) is 3.66. The van der Waals surface area contributed by atoms with Gasteiger partial charge >= 0.3 is 8.56 Å². The van der Waals surface area contributed by atoms with E-state index in [9.17, 15) is 0 Å². The van der Waals surface area contributed by atoms with Gasteiger partial charge in [-0.1, -0.05) is 13.3 Å². The van der Waals surface area contributed by atoms with Gasteiger partial charge in [-0.15, -0.1) is 0 Å². The van der Waals surface area contributed by atoms with Gasteiger partial charge in [-0.2, -0.15) is 0 Å². The third kappa shape index (κ3) is 9.73. The number of rotatable bonds is 12. The summed E-state index contributed by atoms with van der Waals surface area (Å²) < 4.78 is 10.9. The molecule has 0 bridgehead atoms. The number of hydrogen-bond donors (Lipinski definition) is 2. The van der Waals surface area contributed by atoms with Gasteiger partial charge in [-0.25, -0.2) is 0 Å². The second kappa shape index (κ2) is 11.2. The fourth-order valence-corrected chi connectivity index (χ4v) is 2.94. The molecular formula is C12H30N2O2Si. The Hall–Kier alpha value is 0.0569. The molecule has 0 fully saturated rings. The Labute approximate surface area is 108 Å². The third-order valence-corrected chi connectivity index (χ3v) is 6.02. The van der Waals surface area contributed by atoms with Crippen LogP contribution in [0.3, 0.4) is 0 Å². The first-order valence-electron chi connectivity index (χ1n) is 6.70. The zero-order valence-corrected chi connectivity index (χ0v) is 13.0. The van der Waals surface area contributed by atoms with E-state index in [4.69, 9.17) is 8.85 Å². The molecule has 0 spiro atoms. The maximum Gasteiger partial charge on any atom is 0.334 e. The quantitative estimate of drug-likeness (QED) is 0.415. The Balaban J connectivity index is 3.23. The van der Waals surface area contributed by atoms with Crippen LogP contribution in [0.25, 0.3) is 0 Å². The van der Waals surface area contributed by atoms with E-state index in [0.717, 1.165) is 38.6 Å². The fourth-order valence-electron chi connectivity index (χ4n) is 1.55. The lowest BCUT2D eigenvalue weighted by molar-refractivity contribution is 0.248. The normalized spacial score (nSPS) is 12.0. The van der Waals surface area contributed by atoms with E-state index >= 15 is 0 Å². The van der Waals surface area contributed by atoms with Crippen LogP contribution in [-0.4, -0.2) is 49.0 Å². The lowest BCUT2D eigenvalue weighted by Gasteiger charge is -2.22. The van der Waals surface area contributed by atoms with Gasteiger partial charge in [0.25, 0.3) is 0 Å². The van der Waals surface area contributed by atoms with E-state index in [1.807, 2.05) is 0 Å². The van der Waals surface area contributed by atoms with Gasteiger partial charge < -0.3 is 19.5 Å². The van der Waals surface area contributed by atoms with Crippen molar-refractivity contribution in [3.05, 3.63) is 0 Å². The highest BCUT2D eigenvalue weighted by Gasteiger charge is 2.27. The summed E-state index contributed by atoms with van der Waals surface area (Å²) in [6, 6.07) is 1.05. The van der Waals surface area contributed by atoms with Gasteiger partial charge in [0.15, 0.2) is 0 Å². The highest BCUT2D eigenvalue weighted by Crippen LogP contribution is 2.12. The Morgan fingerprint density at radius 3 is 1.88 bits per heavy atom. The summed E-state index contributed by atoms with van der Waals surface area (Å²) in [6.45, 7) is 8.61. The van der Waals surface area contributed by atoms with Gasteiger partial charge in [-0.05, 0) is 38.5 Å². The minimum atomic E-state index is -1.84. The van der Waals surface area contributed by atoms with Gasteiger partial charge in [-0.3, -0.25) is 0 Å². The first-order valence-corrected chi connectivity index (χ1v) is 9.22. The van der Waals surface area contributed by atoms with Crippen LogP contribution >= 0.6 is 0 Å². The van der Waals surface area contributed by atoms with E-state index in [0.29, 0.717) is 0 Å². The van der Waals surface area contributed by atoms with Crippen LogP contribution in [0.4, 0.5) is 0 Å². The van der Waals surface area contributed by atoms with Crippen LogP contribution in [-0.2, 0) is 8.85 Å². The molecule has 0 radical (unpaired) electrons. The van der Waals surface area contributed by atoms with E-state index in [2.05, 4.69) is 24.1 Å². The highest BCUT2D eigenvalue weighted by atomic mass is 28.4. The average molecular weight is 262 g/mol. The van der Waals surface area contributed by atoms with Crippen molar-refractivity contribution in [2.24, 2.45) is 0 Å². The molecule has 5 heteroatoms. The van der Waals surface area contributed by atoms with Crippen molar-refractivity contribution in [2.75, 3.05) is 40.4 Å². The second-order valence-electron chi connectivity index (χ2n) is 4.50. The number of nitrogens with one attached hydrogen (secondary N) is 2. The van der Waals surface area contributed by atoms with Crippen LogP contribution < -0.4 is 10.6 Å². The summed E-state index contributed by atoms with van der Waals surface area (Å²) in [5.74, 6) is 0. The van der Waals surface area contributed by atoms with Crippen LogP contribution in [0.15, 0.2) is 0 Å². The molecule has 17 heavy (non-hydrogen) atoms. The minimum Gasteiger partial charge on any atom is -0.398 e. The number of unbranched alkanes of at least 4 members (excludes halogenated alkanes) is 1. The SMILES string of the molecule is CCCCNCCNCCC[Si](C)(OC)OC. The van der Waals surface area contributed by atoms with Crippen LogP contribution in [0.2, 0.25) is 12.6 Å². The highest BCUT2D eigenvalue weighted by molar-refractivity contribution is 6.65. The van der Waals surface area contributed by atoms with Crippen molar-refractivity contribution in [3.8, 4) is 0 Å². The molecule has 0 heterocycles. The fraction of sp³-hybridized carbons (Fsp3) is 1.00. The van der Waals surface area contributed by atoms with Crippen LogP contribution in [0.1, 0.15) is 26.2 Å². The third-order valence-electron chi connectivity index (χ3n) is 3.03. The molecule has 0 aromatic heterocycles. The van der Waals surface area contributed by atoms with Crippen molar-refractivity contribution in [2.45, 2.75) is 38.8 Å². The Bertz CT molecular complexity index is 167. The van der Waals surface area contributed by atoms with Gasteiger partial charge in [0, 0.05) is 27.3 Å². The van der Waals surface area contributed by atoms with E-state index < -0.39 is 8.56 Å². The largest absolute Gasteiger partial charge is 0.398 e. The smallest absolute Gasteiger partial charge is 0.334 e. The molecule has 104 valence electrons. The minimum absolute atomic E-state index is 1.04. The monoisotopic (exact) mass is 262 g/mol. The molecule has 4 nitrogen and oxygen atoms in total. The molecule has 0 aromatic rings. The van der Waals surface area contributed by atoms with Crippen molar-refractivity contribution in [1.82, 2.24) is 10.6 Å². The first kappa shape index (κ1) is 17.1. The summed E-state index contributed by atoms with van der Waals surface area (Å²) in [7, 11) is 1.66. The molecule has 0 unspecified atom stereocenters. The maximum atomic E-state index is 5.44. The molecule has 0 aromatic carbocycles. The lowest BCUT2D eigenvalue weighted by Crippen LogP contribution is -2.37. The Morgan fingerprint density at radius 1 is 0.882 bits per heavy atom. The maximum absolute atomic E-state index is 5.44. The van der Waals surface area contributed by atoms with Crippen LogP contribution in [0, 0.1) is 0 Å².